The van der Waals surface area contributed by atoms with E-state index < -0.39 is 0 Å². The van der Waals surface area contributed by atoms with Crippen LogP contribution in [0.15, 0.2) is 24.3 Å². The van der Waals surface area contributed by atoms with Crippen LogP contribution in [0.25, 0.3) is 10.6 Å². The van der Waals surface area contributed by atoms with Crippen molar-refractivity contribution >= 4 is 31.9 Å². The maximum absolute atomic E-state index is 2.44. The minimum atomic E-state index is -0.199. The molecule has 0 aliphatic heterocycles. The van der Waals surface area contributed by atoms with Gasteiger partial charge >= 0.3 is 0 Å². The summed E-state index contributed by atoms with van der Waals surface area (Å²) in [4.78, 5) is 0. The van der Waals surface area contributed by atoms with Gasteiger partial charge in [-0.1, -0.05) is 53.7 Å². The van der Waals surface area contributed by atoms with Crippen LogP contribution in [-0.4, -0.2) is 14.9 Å². The van der Waals surface area contributed by atoms with Crippen LogP contribution in [0.2, 0.25) is 0 Å². The maximum Gasteiger partial charge on any atom is 0.0701 e. The summed E-state index contributed by atoms with van der Waals surface area (Å²) in [7, 11) is 3.45. The Bertz CT molecular complexity index is 571. The fourth-order valence-electron chi connectivity index (χ4n) is 2.94. The average molecular weight is 293 g/mol. The van der Waals surface area contributed by atoms with E-state index in [0.717, 1.165) is 0 Å². The number of para-hydroxylation sites is 1. The SMILES string of the molecule is Cn1c(P(C(C)(C)C)C(C)(C)C)pc2ccccc21. The number of fused-ring (bicyclic) bond motifs is 1. The van der Waals surface area contributed by atoms with Gasteiger partial charge in [0.1, 0.15) is 0 Å². The Morgan fingerprint density at radius 1 is 0.947 bits per heavy atom. The zero-order valence-electron chi connectivity index (χ0n) is 13.2. The fraction of sp³-hybridized carbons (Fsp3) is 0.562. The predicted octanol–water partition coefficient (Wildman–Crippen LogP) is 5.46. The number of hydrogen-bond acceptors (Lipinski definition) is 0. The molecule has 3 heteroatoms. The highest BCUT2D eigenvalue weighted by atomic mass is 31.1. The van der Waals surface area contributed by atoms with Crippen molar-refractivity contribution < 1.29 is 0 Å². The number of rotatable bonds is 1. The van der Waals surface area contributed by atoms with Gasteiger partial charge in [-0.15, -0.1) is 0 Å². The molecule has 0 aliphatic rings. The van der Waals surface area contributed by atoms with Gasteiger partial charge in [0.15, 0.2) is 0 Å². The average Bonchev–Trinajstić information content (AvgIpc) is 2.53. The van der Waals surface area contributed by atoms with Crippen molar-refractivity contribution in [3.05, 3.63) is 24.3 Å². The van der Waals surface area contributed by atoms with E-state index in [1.165, 1.54) is 18.8 Å². The zero-order valence-corrected chi connectivity index (χ0v) is 14.9. The minimum Gasteiger partial charge on any atom is -0.340 e. The van der Waals surface area contributed by atoms with Gasteiger partial charge in [-0.05, 0) is 38.6 Å². The number of nitrogens with zero attached hydrogens (tertiary/aromatic N) is 1. The van der Waals surface area contributed by atoms with Crippen molar-refractivity contribution in [1.82, 2.24) is 4.57 Å². The van der Waals surface area contributed by atoms with Gasteiger partial charge in [-0.2, -0.15) is 0 Å². The molecule has 0 unspecified atom stereocenters. The molecule has 2 aromatic rings. The van der Waals surface area contributed by atoms with Crippen LogP contribution in [0.5, 0.6) is 0 Å². The maximum atomic E-state index is 2.44. The van der Waals surface area contributed by atoms with Gasteiger partial charge in [0.2, 0.25) is 0 Å². The molecule has 0 radical (unpaired) electrons. The van der Waals surface area contributed by atoms with E-state index in [1.807, 2.05) is 0 Å². The molecule has 0 saturated heterocycles. The minimum absolute atomic E-state index is 0.199. The molecule has 104 valence electrons. The highest BCUT2D eigenvalue weighted by molar-refractivity contribution is 7.77. The summed E-state index contributed by atoms with van der Waals surface area (Å²) in [6.45, 7) is 14.4. The van der Waals surface area contributed by atoms with Crippen molar-refractivity contribution in [2.24, 2.45) is 7.05 Å². The third-order valence-electron chi connectivity index (χ3n) is 3.31. The van der Waals surface area contributed by atoms with Crippen LogP contribution in [0.3, 0.4) is 0 Å². The van der Waals surface area contributed by atoms with Crippen molar-refractivity contribution in [1.29, 1.82) is 0 Å². The first kappa shape index (κ1) is 15.0. The van der Waals surface area contributed by atoms with E-state index in [-0.39, 0.29) is 7.92 Å². The number of aryl methyl sites for hydroxylation is 1. The van der Waals surface area contributed by atoms with Crippen molar-refractivity contribution in [3.8, 4) is 0 Å². The molecule has 1 aromatic heterocycles. The highest BCUT2D eigenvalue weighted by Crippen LogP contribution is 2.60. The first-order valence-corrected chi connectivity index (χ1v) is 9.08. The van der Waals surface area contributed by atoms with Gasteiger partial charge in [0.25, 0.3) is 0 Å². The molecule has 0 spiro atoms. The molecule has 0 N–H and O–H groups in total. The Hall–Kier alpha value is -0.380. The lowest BCUT2D eigenvalue weighted by molar-refractivity contribution is 0.712. The van der Waals surface area contributed by atoms with Gasteiger partial charge in [-0.3, -0.25) is 0 Å². The van der Waals surface area contributed by atoms with Gasteiger partial charge in [0, 0.05) is 12.2 Å². The summed E-state index contributed by atoms with van der Waals surface area (Å²) in [6.07, 6.45) is 0. The monoisotopic (exact) mass is 293 g/mol. The molecule has 0 atom stereocenters. The summed E-state index contributed by atoms with van der Waals surface area (Å²) in [5.74, 6) is 0. The number of benzene rings is 1. The molecule has 1 nitrogen and oxygen atoms in total. The summed E-state index contributed by atoms with van der Waals surface area (Å²) >= 11 is 0. The number of hydrogen-bond donors (Lipinski definition) is 0. The van der Waals surface area contributed by atoms with Gasteiger partial charge < -0.3 is 4.57 Å². The van der Waals surface area contributed by atoms with Crippen LogP contribution in [0, 0.1) is 0 Å². The number of aromatic nitrogens is 1. The first-order valence-electron chi connectivity index (χ1n) is 6.84. The third-order valence-corrected chi connectivity index (χ3v) is 8.71. The van der Waals surface area contributed by atoms with E-state index >= 15 is 0 Å². The van der Waals surface area contributed by atoms with Crippen molar-refractivity contribution in [2.75, 3.05) is 0 Å². The predicted molar refractivity (Wildman–Crippen MR) is 91.5 cm³/mol. The summed E-state index contributed by atoms with van der Waals surface area (Å²) < 4.78 is 2.44. The topological polar surface area (TPSA) is 4.93 Å². The quantitative estimate of drug-likeness (QED) is 0.615. The van der Waals surface area contributed by atoms with E-state index in [0.29, 0.717) is 10.3 Å². The smallest absolute Gasteiger partial charge is 0.0701 e. The fourth-order valence-corrected chi connectivity index (χ4v) is 10.1. The van der Waals surface area contributed by atoms with E-state index in [9.17, 15) is 0 Å². The summed E-state index contributed by atoms with van der Waals surface area (Å²) in [6, 6.07) is 8.80. The Morgan fingerprint density at radius 2 is 1.47 bits per heavy atom. The molecule has 19 heavy (non-hydrogen) atoms. The Labute approximate surface area is 120 Å². The molecule has 2 rings (SSSR count). The molecule has 0 aliphatic carbocycles. The molecule has 0 bridgehead atoms. The molecule has 1 heterocycles. The van der Waals surface area contributed by atoms with E-state index in [4.69, 9.17) is 0 Å². The molecule has 1 aromatic carbocycles. The highest BCUT2D eigenvalue weighted by Gasteiger charge is 2.37. The second-order valence-electron chi connectivity index (χ2n) is 7.14. The van der Waals surface area contributed by atoms with Crippen molar-refractivity contribution in [3.63, 3.8) is 0 Å². The van der Waals surface area contributed by atoms with E-state index in [1.54, 1.807) is 5.17 Å². The summed E-state index contributed by atoms with van der Waals surface area (Å²) in [5.41, 5.74) is 1.39. The van der Waals surface area contributed by atoms with Crippen molar-refractivity contribution in [2.45, 2.75) is 51.9 Å². The first-order chi connectivity index (χ1) is 8.62. The Kier molecular flexibility index (Phi) is 3.85. The van der Waals surface area contributed by atoms with Crippen LogP contribution >= 0.6 is 16.1 Å². The van der Waals surface area contributed by atoms with Gasteiger partial charge in [0.05, 0.1) is 10.7 Å². The molecule has 0 saturated carbocycles. The lowest BCUT2D eigenvalue weighted by Crippen LogP contribution is -2.32. The second kappa shape index (κ2) is 4.87. The molecule has 0 fully saturated rings. The lowest BCUT2D eigenvalue weighted by Gasteiger charge is -2.41. The standard InChI is InChI=1S/C16H25NP2/c1-15(2,3)19(16(4,5)6)14-17(7)12-10-8-9-11-13(12)18-14/h8-11H,1-7H3. The van der Waals surface area contributed by atoms with E-state index in [2.05, 4.69) is 77.4 Å². The second-order valence-corrected chi connectivity index (χ2v) is 12.4. The Balaban J connectivity index is 2.67. The van der Waals surface area contributed by atoms with Crippen LogP contribution in [-0.2, 0) is 7.05 Å². The largest absolute Gasteiger partial charge is 0.340 e. The summed E-state index contributed by atoms with van der Waals surface area (Å²) in [5, 5.41) is 3.75. The third kappa shape index (κ3) is 2.88. The van der Waals surface area contributed by atoms with Crippen LogP contribution in [0.1, 0.15) is 41.5 Å². The lowest BCUT2D eigenvalue weighted by atomic mass is 10.2. The molecule has 0 amide bonds. The molecular weight excluding hydrogens is 268 g/mol. The molecular formula is C16H25NP2. The zero-order chi connectivity index (χ0) is 14.4. The Morgan fingerprint density at radius 3 is 1.95 bits per heavy atom. The van der Waals surface area contributed by atoms with Crippen LogP contribution < -0.4 is 5.17 Å². The van der Waals surface area contributed by atoms with Crippen LogP contribution in [0.4, 0.5) is 0 Å². The van der Waals surface area contributed by atoms with Gasteiger partial charge in [-0.25, -0.2) is 0 Å². The normalized spacial score (nSPS) is 13.9.